The first-order chi connectivity index (χ1) is 11.6. The second kappa shape index (κ2) is 7.85. The Morgan fingerprint density at radius 2 is 1.76 bits per heavy atom. The Bertz CT molecular complexity index is 693. The van der Waals surface area contributed by atoms with Gasteiger partial charge in [0.1, 0.15) is 0 Å². The minimum Gasteiger partial charge on any atom is -0.349 e. The number of sulfonamides is 1. The molecule has 0 aromatic heterocycles. The van der Waals surface area contributed by atoms with Gasteiger partial charge in [0.25, 0.3) is 5.91 Å². The fourth-order valence-electron chi connectivity index (χ4n) is 3.18. The Balaban J connectivity index is 2.07. The SMILES string of the molecule is CC(C)(C)NS(=O)(=O)c1ccc(C(=O)NC2CCCCC2CN)cc1. The molecule has 6 nitrogen and oxygen atoms in total. The predicted octanol–water partition coefficient (Wildman–Crippen LogP) is 2.01. The molecule has 2 rings (SSSR count). The average molecular weight is 368 g/mol. The second-order valence-electron chi connectivity index (χ2n) is 7.74. The van der Waals surface area contributed by atoms with Crippen molar-refractivity contribution in [1.29, 1.82) is 0 Å². The van der Waals surface area contributed by atoms with Gasteiger partial charge in [-0.3, -0.25) is 4.79 Å². The number of hydrogen-bond acceptors (Lipinski definition) is 4. The van der Waals surface area contributed by atoms with Gasteiger partial charge in [0, 0.05) is 17.1 Å². The lowest BCUT2D eigenvalue weighted by Crippen LogP contribution is -2.44. The highest BCUT2D eigenvalue weighted by Gasteiger charge is 2.26. The van der Waals surface area contributed by atoms with Crippen molar-refractivity contribution in [2.24, 2.45) is 11.7 Å². The van der Waals surface area contributed by atoms with E-state index < -0.39 is 15.6 Å². The van der Waals surface area contributed by atoms with Gasteiger partial charge in [0.15, 0.2) is 0 Å². The lowest BCUT2D eigenvalue weighted by Gasteiger charge is -2.31. The molecule has 0 heterocycles. The van der Waals surface area contributed by atoms with E-state index in [1.807, 2.05) is 0 Å². The van der Waals surface area contributed by atoms with E-state index in [1.54, 1.807) is 32.9 Å². The van der Waals surface area contributed by atoms with Gasteiger partial charge in [-0.15, -0.1) is 0 Å². The molecule has 1 fully saturated rings. The van der Waals surface area contributed by atoms with Gasteiger partial charge in [-0.1, -0.05) is 12.8 Å². The largest absolute Gasteiger partial charge is 0.349 e. The lowest BCUT2D eigenvalue weighted by molar-refractivity contribution is 0.0908. The number of amides is 1. The summed E-state index contributed by atoms with van der Waals surface area (Å²) in [6, 6.07) is 6.12. The normalized spacial score (nSPS) is 21.8. The third kappa shape index (κ3) is 5.52. The van der Waals surface area contributed by atoms with Crippen LogP contribution in [0.3, 0.4) is 0 Å². The molecule has 0 saturated heterocycles. The zero-order valence-corrected chi connectivity index (χ0v) is 16.0. The monoisotopic (exact) mass is 367 g/mol. The van der Waals surface area contributed by atoms with Crippen molar-refractivity contribution in [3.63, 3.8) is 0 Å². The van der Waals surface area contributed by atoms with Gasteiger partial charge in [-0.2, -0.15) is 0 Å². The van der Waals surface area contributed by atoms with Gasteiger partial charge in [0.2, 0.25) is 10.0 Å². The number of carbonyl (C=O) groups is 1. The molecule has 2 atom stereocenters. The molecule has 1 aliphatic rings. The summed E-state index contributed by atoms with van der Waals surface area (Å²) in [5.74, 6) is 0.131. The lowest BCUT2D eigenvalue weighted by atomic mass is 9.84. The van der Waals surface area contributed by atoms with Gasteiger partial charge >= 0.3 is 0 Å². The van der Waals surface area contributed by atoms with Gasteiger partial charge in [-0.05, 0) is 70.3 Å². The van der Waals surface area contributed by atoms with Crippen LogP contribution in [0.5, 0.6) is 0 Å². The van der Waals surface area contributed by atoms with E-state index in [-0.39, 0.29) is 16.8 Å². The summed E-state index contributed by atoms with van der Waals surface area (Å²) in [5.41, 5.74) is 5.69. The minimum atomic E-state index is -3.60. The molecule has 1 saturated carbocycles. The van der Waals surface area contributed by atoms with Crippen molar-refractivity contribution < 1.29 is 13.2 Å². The van der Waals surface area contributed by atoms with Crippen molar-refractivity contribution in [2.45, 2.75) is 62.9 Å². The molecule has 0 spiro atoms. The fourth-order valence-corrected chi connectivity index (χ4v) is 4.60. The maximum absolute atomic E-state index is 12.4. The number of rotatable bonds is 5. The zero-order chi connectivity index (χ0) is 18.7. The first kappa shape index (κ1) is 19.9. The molecule has 4 N–H and O–H groups in total. The number of nitrogens with two attached hydrogens (primary N) is 1. The van der Waals surface area contributed by atoms with E-state index in [0.717, 1.165) is 25.7 Å². The molecule has 1 aliphatic carbocycles. The molecule has 0 bridgehead atoms. The van der Waals surface area contributed by atoms with E-state index in [9.17, 15) is 13.2 Å². The molecule has 7 heteroatoms. The number of nitrogens with one attached hydrogen (secondary N) is 2. The first-order valence-corrected chi connectivity index (χ1v) is 10.3. The Morgan fingerprint density at radius 3 is 2.32 bits per heavy atom. The van der Waals surface area contributed by atoms with Crippen LogP contribution in [0.2, 0.25) is 0 Å². The maximum Gasteiger partial charge on any atom is 0.251 e. The standard InChI is InChI=1S/C18H29N3O3S/c1-18(2,3)21-25(23,24)15-10-8-13(9-11-15)17(22)20-16-7-5-4-6-14(16)12-19/h8-11,14,16,21H,4-7,12,19H2,1-3H3,(H,20,22). The molecule has 1 aromatic carbocycles. The second-order valence-corrected chi connectivity index (χ2v) is 9.42. The van der Waals surface area contributed by atoms with Crippen LogP contribution in [-0.4, -0.2) is 32.5 Å². The minimum absolute atomic E-state index is 0.0946. The van der Waals surface area contributed by atoms with E-state index in [1.165, 1.54) is 12.1 Å². The van der Waals surface area contributed by atoms with Crippen molar-refractivity contribution in [3.05, 3.63) is 29.8 Å². The zero-order valence-electron chi connectivity index (χ0n) is 15.2. The molecule has 2 unspecified atom stereocenters. The van der Waals surface area contributed by atoms with Crippen LogP contribution in [0.25, 0.3) is 0 Å². The summed E-state index contributed by atoms with van der Waals surface area (Å²) in [4.78, 5) is 12.6. The summed E-state index contributed by atoms with van der Waals surface area (Å²) < 4.78 is 27.2. The fraction of sp³-hybridized carbons (Fsp3) is 0.611. The molecular weight excluding hydrogens is 338 g/mol. The summed E-state index contributed by atoms with van der Waals surface area (Å²) in [6.45, 7) is 5.92. The van der Waals surface area contributed by atoms with Crippen molar-refractivity contribution >= 4 is 15.9 Å². The van der Waals surface area contributed by atoms with E-state index >= 15 is 0 Å². The van der Waals surface area contributed by atoms with Crippen LogP contribution in [-0.2, 0) is 10.0 Å². The van der Waals surface area contributed by atoms with Crippen molar-refractivity contribution in [2.75, 3.05) is 6.54 Å². The van der Waals surface area contributed by atoms with Crippen molar-refractivity contribution in [3.8, 4) is 0 Å². The van der Waals surface area contributed by atoms with Gasteiger partial charge in [0.05, 0.1) is 4.90 Å². The van der Waals surface area contributed by atoms with Crippen LogP contribution in [0.4, 0.5) is 0 Å². The predicted molar refractivity (Wildman–Crippen MR) is 98.8 cm³/mol. The molecule has 1 amide bonds. The summed E-state index contributed by atoms with van der Waals surface area (Å²) in [7, 11) is -3.60. The summed E-state index contributed by atoms with van der Waals surface area (Å²) in [5, 5.41) is 3.05. The molecule has 140 valence electrons. The van der Waals surface area contributed by atoms with E-state index in [0.29, 0.717) is 18.0 Å². The Hall–Kier alpha value is -1.44. The van der Waals surface area contributed by atoms with Crippen LogP contribution >= 0.6 is 0 Å². The quantitative estimate of drug-likeness (QED) is 0.741. The Labute approximate surface area is 150 Å². The topological polar surface area (TPSA) is 101 Å². The highest BCUT2D eigenvalue weighted by molar-refractivity contribution is 7.89. The first-order valence-electron chi connectivity index (χ1n) is 8.77. The highest BCUT2D eigenvalue weighted by atomic mass is 32.2. The smallest absolute Gasteiger partial charge is 0.251 e. The summed E-state index contributed by atoms with van der Waals surface area (Å²) >= 11 is 0. The molecule has 0 aliphatic heterocycles. The van der Waals surface area contributed by atoms with Crippen LogP contribution in [0, 0.1) is 5.92 Å². The van der Waals surface area contributed by atoms with Gasteiger partial charge < -0.3 is 11.1 Å². The van der Waals surface area contributed by atoms with Crippen LogP contribution in [0.15, 0.2) is 29.2 Å². The highest BCUT2D eigenvalue weighted by Crippen LogP contribution is 2.24. The molecule has 25 heavy (non-hydrogen) atoms. The third-order valence-electron chi connectivity index (χ3n) is 4.40. The summed E-state index contributed by atoms with van der Waals surface area (Å²) in [6.07, 6.45) is 4.23. The maximum atomic E-state index is 12.4. The molecular formula is C18H29N3O3S. The number of carbonyl (C=O) groups excluding carboxylic acids is 1. The van der Waals surface area contributed by atoms with Crippen LogP contribution in [0.1, 0.15) is 56.8 Å². The average Bonchev–Trinajstić information content (AvgIpc) is 2.53. The third-order valence-corrected chi connectivity index (χ3v) is 6.17. The Morgan fingerprint density at radius 1 is 1.16 bits per heavy atom. The Kier molecular flexibility index (Phi) is 6.24. The van der Waals surface area contributed by atoms with E-state index in [2.05, 4.69) is 10.0 Å². The van der Waals surface area contributed by atoms with Gasteiger partial charge in [-0.25, -0.2) is 13.1 Å². The van der Waals surface area contributed by atoms with Crippen molar-refractivity contribution in [1.82, 2.24) is 10.0 Å². The molecule has 1 aromatic rings. The molecule has 0 radical (unpaired) electrons. The number of hydrogen-bond donors (Lipinski definition) is 3. The van der Waals surface area contributed by atoms with Crippen LogP contribution < -0.4 is 15.8 Å². The van der Waals surface area contributed by atoms with E-state index in [4.69, 9.17) is 5.73 Å². The number of benzene rings is 1.